The van der Waals surface area contributed by atoms with Gasteiger partial charge in [-0.15, -0.1) is 11.3 Å². The lowest BCUT2D eigenvalue weighted by Gasteiger charge is -2.11. The Bertz CT molecular complexity index is 1210. The van der Waals surface area contributed by atoms with Crippen molar-refractivity contribution in [2.75, 3.05) is 12.4 Å². The molecular formula is C24H24N4O4S. The predicted octanol–water partition coefficient (Wildman–Crippen LogP) is 3.68. The van der Waals surface area contributed by atoms with Gasteiger partial charge in [0.1, 0.15) is 5.00 Å². The van der Waals surface area contributed by atoms with Crippen LogP contribution in [0.15, 0.2) is 53.9 Å². The molecule has 0 unspecified atom stereocenters. The molecule has 1 aliphatic carbocycles. The number of benzene rings is 1. The monoisotopic (exact) mass is 464 g/mol. The molecule has 3 aromatic rings. The number of hydrazone groups is 1. The summed E-state index contributed by atoms with van der Waals surface area (Å²) in [6.07, 6.45) is 7.50. The van der Waals surface area contributed by atoms with Crippen LogP contribution in [-0.2, 0) is 27.2 Å². The van der Waals surface area contributed by atoms with Crippen molar-refractivity contribution in [1.29, 1.82) is 0 Å². The van der Waals surface area contributed by atoms with Gasteiger partial charge in [0.05, 0.1) is 18.4 Å². The number of esters is 1. The minimum Gasteiger partial charge on any atom is -0.465 e. The van der Waals surface area contributed by atoms with E-state index in [-0.39, 0.29) is 0 Å². The zero-order valence-electron chi connectivity index (χ0n) is 18.4. The molecule has 0 aliphatic heterocycles. The largest absolute Gasteiger partial charge is 0.465 e. The lowest BCUT2D eigenvalue weighted by molar-refractivity contribution is -0.136. The molecule has 1 aromatic carbocycles. The van der Waals surface area contributed by atoms with Crippen molar-refractivity contribution in [2.24, 2.45) is 5.10 Å². The van der Waals surface area contributed by atoms with E-state index in [1.807, 2.05) is 53.4 Å². The van der Waals surface area contributed by atoms with Crippen LogP contribution in [0, 0.1) is 0 Å². The minimum atomic E-state index is -0.916. The summed E-state index contributed by atoms with van der Waals surface area (Å²) < 4.78 is 6.88. The number of carbonyl (C=O) groups is 3. The molecule has 0 bridgehead atoms. The number of carbonyl (C=O) groups excluding carboxylic acids is 3. The normalized spacial score (nSPS) is 13.2. The molecule has 1 aliphatic rings. The molecule has 9 heteroatoms. The summed E-state index contributed by atoms with van der Waals surface area (Å²) in [7, 11) is 1.30. The minimum absolute atomic E-state index is 0.343. The first-order valence-corrected chi connectivity index (χ1v) is 11.4. The van der Waals surface area contributed by atoms with E-state index >= 15 is 0 Å². The highest BCUT2D eigenvalue weighted by Gasteiger charge is 2.28. The number of anilines is 1. The number of hydrogen-bond acceptors (Lipinski definition) is 6. The highest BCUT2D eigenvalue weighted by atomic mass is 32.1. The second-order valence-electron chi connectivity index (χ2n) is 7.64. The van der Waals surface area contributed by atoms with Crippen molar-refractivity contribution in [3.8, 4) is 5.69 Å². The van der Waals surface area contributed by atoms with Gasteiger partial charge in [0.25, 0.3) is 0 Å². The van der Waals surface area contributed by atoms with E-state index in [0.717, 1.165) is 47.4 Å². The third-order valence-corrected chi connectivity index (χ3v) is 6.71. The number of aryl methyl sites for hydroxylation is 1. The lowest BCUT2D eigenvalue weighted by atomic mass is 9.95. The van der Waals surface area contributed by atoms with E-state index < -0.39 is 17.8 Å². The maximum atomic E-state index is 12.5. The van der Waals surface area contributed by atoms with Crippen molar-refractivity contribution in [2.45, 2.75) is 32.6 Å². The first-order chi connectivity index (χ1) is 16.0. The van der Waals surface area contributed by atoms with Gasteiger partial charge in [-0.25, -0.2) is 10.2 Å². The van der Waals surface area contributed by atoms with E-state index in [9.17, 15) is 14.4 Å². The van der Waals surface area contributed by atoms with E-state index in [1.54, 1.807) is 6.92 Å². The zero-order chi connectivity index (χ0) is 23.4. The van der Waals surface area contributed by atoms with Crippen molar-refractivity contribution < 1.29 is 19.1 Å². The van der Waals surface area contributed by atoms with Crippen LogP contribution in [0.2, 0.25) is 0 Å². The average molecular weight is 465 g/mol. The van der Waals surface area contributed by atoms with Gasteiger partial charge in [0, 0.05) is 23.0 Å². The second kappa shape index (κ2) is 9.83. The maximum Gasteiger partial charge on any atom is 0.341 e. The molecule has 2 N–H and O–H groups in total. The fourth-order valence-corrected chi connectivity index (χ4v) is 5.04. The van der Waals surface area contributed by atoms with Crippen LogP contribution in [0.25, 0.3) is 5.69 Å². The van der Waals surface area contributed by atoms with Gasteiger partial charge in [0.2, 0.25) is 0 Å². The summed E-state index contributed by atoms with van der Waals surface area (Å²) in [5.74, 6) is -2.32. The molecule has 2 heterocycles. The topological polar surface area (TPSA) is 102 Å². The van der Waals surface area contributed by atoms with Gasteiger partial charge in [-0.1, -0.05) is 12.1 Å². The highest BCUT2D eigenvalue weighted by Crippen LogP contribution is 2.38. The number of amides is 2. The van der Waals surface area contributed by atoms with Gasteiger partial charge in [-0.05, 0) is 68.0 Å². The quantitative estimate of drug-likeness (QED) is 0.260. The Balaban J connectivity index is 1.43. The molecule has 4 rings (SSSR count). The molecule has 0 atom stereocenters. The summed E-state index contributed by atoms with van der Waals surface area (Å²) in [5.41, 5.74) is 5.91. The molecule has 0 fully saturated rings. The molecule has 170 valence electrons. The SMILES string of the molecule is COC(=O)c1c(NC(=O)C(=O)N/N=C(\C)c2ccc(-n3cccc3)cc2)sc2c1CCCC2. The summed E-state index contributed by atoms with van der Waals surface area (Å²) in [6, 6.07) is 11.5. The van der Waals surface area contributed by atoms with Crippen molar-refractivity contribution >= 4 is 39.8 Å². The predicted molar refractivity (Wildman–Crippen MR) is 127 cm³/mol. The smallest absolute Gasteiger partial charge is 0.341 e. The number of fused-ring (bicyclic) bond motifs is 1. The molecular weight excluding hydrogens is 440 g/mol. The van der Waals surface area contributed by atoms with Crippen LogP contribution in [-0.4, -0.2) is 35.2 Å². The summed E-state index contributed by atoms with van der Waals surface area (Å²) >= 11 is 1.32. The number of nitrogens with one attached hydrogen (secondary N) is 2. The Morgan fingerprint density at radius 2 is 1.73 bits per heavy atom. The molecule has 2 amide bonds. The molecule has 33 heavy (non-hydrogen) atoms. The number of rotatable bonds is 5. The molecule has 0 saturated carbocycles. The van der Waals surface area contributed by atoms with Gasteiger partial charge < -0.3 is 14.6 Å². The molecule has 8 nitrogen and oxygen atoms in total. The first-order valence-electron chi connectivity index (χ1n) is 10.6. The van der Waals surface area contributed by atoms with Gasteiger partial charge in [-0.2, -0.15) is 5.10 Å². The average Bonchev–Trinajstić information content (AvgIpc) is 3.50. The summed E-state index contributed by atoms with van der Waals surface area (Å²) in [4.78, 5) is 38.2. The third-order valence-electron chi connectivity index (χ3n) is 5.51. The van der Waals surface area contributed by atoms with Crippen LogP contribution >= 0.6 is 11.3 Å². The van der Waals surface area contributed by atoms with Gasteiger partial charge >= 0.3 is 17.8 Å². The highest BCUT2D eigenvalue weighted by molar-refractivity contribution is 7.17. The Hall–Kier alpha value is -3.72. The van der Waals surface area contributed by atoms with Gasteiger partial charge in [-0.3, -0.25) is 9.59 Å². The van der Waals surface area contributed by atoms with E-state index in [1.165, 1.54) is 18.4 Å². The maximum absolute atomic E-state index is 12.5. The van der Waals surface area contributed by atoms with Crippen molar-refractivity contribution in [3.05, 3.63) is 70.4 Å². The number of nitrogens with zero attached hydrogens (tertiary/aromatic N) is 2. The Morgan fingerprint density at radius 1 is 1.03 bits per heavy atom. The molecule has 2 aromatic heterocycles. The standard InChI is InChI=1S/C24H24N4O4S/c1-15(16-9-11-17(12-10-16)28-13-5-6-14-28)26-27-22(30)21(29)25-23-20(24(31)32-2)18-7-3-4-8-19(18)33-23/h5-6,9-14H,3-4,7-8H2,1-2H3,(H,25,29)(H,27,30)/b26-15+. The van der Waals surface area contributed by atoms with Crippen molar-refractivity contribution in [3.63, 3.8) is 0 Å². The van der Waals surface area contributed by atoms with E-state index in [4.69, 9.17) is 4.74 Å². The van der Waals surface area contributed by atoms with E-state index in [0.29, 0.717) is 16.3 Å². The molecule has 0 spiro atoms. The first kappa shape index (κ1) is 22.5. The number of aromatic nitrogens is 1. The lowest BCUT2D eigenvalue weighted by Crippen LogP contribution is -2.33. The third kappa shape index (κ3) is 4.88. The summed E-state index contributed by atoms with van der Waals surface area (Å²) in [5, 5.41) is 6.96. The van der Waals surface area contributed by atoms with Crippen LogP contribution in [0.4, 0.5) is 5.00 Å². The van der Waals surface area contributed by atoms with Gasteiger partial charge in [0.15, 0.2) is 0 Å². The number of hydrogen-bond donors (Lipinski definition) is 2. The molecule has 0 radical (unpaired) electrons. The van der Waals surface area contributed by atoms with Crippen LogP contribution in [0.3, 0.4) is 0 Å². The second-order valence-corrected chi connectivity index (χ2v) is 8.74. The molecule has 0 saturated heterocycles. The fraction of sp³-hybridized carbons (Fsp3) is 0.250. The van der Waals surface area contributed by atoms with Crippen LogP contribution < -0.4 is 10.7 Å². The summed E-state index contributed by atoms with van der Waals surface area (Å²) in [6.45, 7) is 1.74. The Labute approximate surface area is 195 Å². The van der Waals surface area contributed by atoms with Crippen molar-refractivity contribution in [1.82, 2.24) is 9.99 Å². The fourth-order valence-electron chi connectivity index (χ4n) is 3.76. The zero-order valence-corrected chi connectivity index (χ0v) is 19.2. The Morgan fingerprint density at radius 3 is 2.42 bits per heavy atom. The number of methoxy groups -OCH3 is 1. The van der Waals surface area contributed by atoms with E-state index in [2.05, 4.69) is 15.8 Å². The van der Waals surface area contributed by atoms with Crippen LogP contribution in [0.5, 0.6) is 0 Å². The van der Waals surface area contributed by atoms with Crippen LogP contribution in [0.1, 0.15) is 46.1 Å². The Kier molecular flexibility index (Phi) is 6.69. The number of ether oxygens (including phenoxy) is 1. The number of thiophene rings is 1.